The van der Waals surface area contributed by atoms with Crippen molar-refractivity contribution in [1.29, 1.82) is 0 Å². The van der Waals surface area contributed by atoms with Crippen LogP contribution in [0.2, 0.25) is 0 Å². The number of allylic oxidation sites excluding steroid dienone is 1. The third-order valence-electron chi connectivity index (χ3n) is 3.43. The molecule has 0 saturated heterocycles. The number of methoxy groups -OCH3 is 1. The van der Waals surface area contributed by atoms with Gasteiger partial charge in [-0.2, -0.15) is 0 Å². The van der Waals surface area contributed by atoms with Gasteiger partial charge in [-0.25, -0.2) is 4.79 Å². The molecule has 1 heterocycles. The Bertz CT molecular complexity index is 481. The second-order valence-corrected chi connectivity index (χ2v) is 4.78. The summed E-state index contributed by atoms with van der Waals surface area (Å²) in [6.45, 7) is 3.13. The number of rotatable bonds is 3. The number of carbonyl (C=O) groups excluding carboxylic acids is 1. The zero-order valence-corrected chi connectivity index (χ0v) is 11.3. The number of benzene rings is 1. The van der Waals surface area contributed by atoms with Crippen molar-refractivity contribution >= 4 is 5.97 Å². The van der Waals surface area contributed by atoms with Gasteiger partial charge >= 0.3 is 5.97 Å². The van der Waals surface area contributed by atoms with Crippen LogP contribution in [-0.2, 0) is 16.1 Å². The monoisotopic (exact) mass is 261 g/mol. The number of β-amino-alcohol motifs (C(OH)–C–C–N with tert-alkyl or cyclic N) is 1. The summed E-state index contributed by atoms with van der Waals surface area (Å²) in [5.41, 5.74) is 2.61. The van der Waals surface area contributed by atoms with Crippen molar-refractivity contribution in [1.82, 2.24) is 4.90 Å². The van der Waals surface area contributed by atoms with Gasteiger partial charge in [0.15, 0.2) is 0 Å². The Morgan fingerprint density at radius 2 is 2.11 bits per heavy atom. The molecule has 0 radical (unpaired) electrons. The summed E-state index contributed by atoms with van der Waals surface area (Å²) in [7, 11) is 1.37. The Labute approximate surface area is 113 Å². The molecule has 0 bridgehead atoms. The molecule has 0 unspecified atom stereocenters. The van der Waals surface area contributed by atoms with E-state index in [0.29, 0.717) is 25.1 Å². The van der Waals surface area contributed by atoms with E-state index in [4.69, 9.17) is 4.74 Å². The van der Waals surface area contributed by atoms with E-state index in [0.717, 1.165) is 11.3 Å². The maximum absolute atomic E-state index is 11.7. The molecule has 1 aromatic rings. The van der Waals surface area contributed by atoms with Gasteiger partial charge in [-0.3, -0.25) is 0 Å². The van der Waals surface area contributed by atoms with Crippen LogP contribution in [0.5, 0.6) is 0 Å². The van der Waals surface area contributed by atoms with Gasteiger partial charge in [-0.15, -0.1) is 0 Å². The van der Waals surface area contributed by atoms with E-state index >= 15 is 0 Å². The zero-order valence-electron chi connectivity index (χ0n) is 11.3. The van der Waals surface area contributed by atoms with E-state index in [1.54, 1.807) is 0 Å². The summed E-state index contributed by atoms with van der Waals surface area (Å²) in [6, 6.07) is 10.0. The molecule has 1 atom stereocenters. The van der Waals surface area contributed by atoms with E-state index < -0.39 is 6.10 Å². The van der Waals surface area contributed by atoms with E-state index in [1.165, 1.54) is 7.11 Å². The second kappa shape index (κ2) is 5.89. The quantitative estimate of drug-likeness (QED) is 0.841. The molecule has 102 valence electrons. The average molecular weight is 261 g/mol. The third kappa shape index (κ3) is 3.15. The topological polar surface area (TPSA) is 49.8 Å². The van der Waals surface area contributed by atoms with Gasteiger partial charge in [0.2, 0.25) is 0 Å². The van der Waals surface area contributed by atoms with Crippen LogP contribution >= 0.6 is 0 Å². The molecule has 0 aromatic heterocycles. The molecule has 1 aliphatic rings. The molecule has 0 spiro atoms. The van der Waals surface area contributed by atoms with Crippen molar-refractivity contribution in [3.05, 3.63) is 47.2 Å². The molecule has 4 heteroatoms. The Kier molecular flexibility index (Phi) is 4.22. The number of hydrogen-bond donors (Lipinski definition) is 1. The normalized spacial score (nSPS) is 19.5. The van der Waals surface area contributed by atoms with Crippen molar-refractivity contribution in [2.45, 2.75) is 26.0 Å². The highest BCUT2D eigenvalue weighted by Gasteiger charge is 2.27. The molecule has 2 rings (SSSR count). The van der Waals surface area contributed by atoms with Gasteiger partial charge in [-0.05, 0) is 12.5 Å². The number of ether oxygens (including phenoxy) is 1. The van der Waals surface area contributed by atoms with Crippen LogP contribution < -0.4 is 0 Å². The first-order chi connectivity index (χ1) is 9.11. The second-order valence-electron chi connectivity index (χ2n) is 4.78. The smallest absolute Gasteiger partial charge is 0.335 e. The number of carbonyl (C=O) groups is 1. The lowest BCUT2D eigenvalue weighted by molar-refractivity contribution is -0.137. The standard InChI is InChI=1S/C15H19NO3/c1-11-14(15(18)19-2)8-13(17)10-16(11)9-12-6-4-3-5-7-12/h3-7,13,17H,8-10H2,1-2H3/t13-/m1/s1. The summed E-state index contributed by atoms with van der Waals surface area (Å²) in [6.07, 6.45) is -0.162. The molecule has 19 heavy (non-hydrogen) atoms. The molecule has 0 amide bonds. The lowest BCUT2D eigenvalue weighted by atomic mass is 10.00. The fourth-order valence-electron chi connectivity index (χ4n) is 2.37. The van der Waals surface area contributed by atoms with Crippen LogP contribution in [0.1, 0.15) is 18.9 Å². The van der Waals surface area contributed by atoms with E-state index in [1.807, 2.05) is 42.2 Å². The van der Waals surface area contributed by atoms with Gasteiger partial charge in [0.1, 0.15) is 0 Å². The van der Waals surface area contributed by atoms with Crippen molar-refractivity contribution < 1.29 is 14.6 Å². The Morgan fingerprint density at radius 3 is 2.74 bits per heavy atom. The minimum Gasteiger partial charge on any atom is -0.466 e. The van der Waals surface area contributed by atoms with E-state index in [9.17, 15) is 9.90 Å². The molecular weight excluding hydrogens is 242 g/mol. The maximum atomic E-state index is 11.7. The highest BCUT2D eigenvalue weighted by molar-refractivity contribution is 5.89. The van der Waals surface area contributed by atoms with Crippen LogP contribution in [0, 0.1) is 0 Å². The SMILES string of the molecule is COC(=O)C1=C(C)N(Cc2ccccc2)C[C@H](O)C1. The van der Waals surface area contributed by atoms with Crippen molar-refractivity contribution in [2.75, 3.05) is 13.7 Å². The number of aliphatic hydroxyl groups excluding tert-OH is 1. The maximum Gasteiger partial charge on any atom is 0.335 e. The third-order valence-corrected chi connectivity index (χ3v) is 3.43. The van der Waals surface area contributed by atoms with E-state index in [2.05, 4.69) is 0 Å². The highest BCUT2D eigenvalue weighted by atomic mass is 16.5. The fraction of sp³-hybridized carbons (Fsp3) is 0.400. The summed E-state index contributed by atoms with van der Waals surface area (Å²) < 4.78 is 4.77. The first kappa shape index (κ1) is 13.6. The molecule has 1 aromatic carbocycles. The molecular formula is C15H19NO3. The molecule has 1 aliphatic heterocycles. The Morgan fingerprint density at radius 1 is 1.42 bits per heavy atom. The van der Waals surface area contributed by atoms with Crippen molar-refractivity contribution in [3.63, 3.8) is 0 Å². The largest absolute Gasteiger partial charge is 0.466 e. The highest BCUT2D eigenvalue weighted by Crippen LogP contribution is 2.25. The molecule has 0 fully saturated rings. The van der Waals surface area contributed by atoms with Crippen LogP contribution in [0.3, 0.4) is 0 Å². The van der Waals surface area contributed by atoms with E-state index in [-0.39, 0.29) is 5.97 Å². The lowest BCUT2D eigenvalue weighted by Gasteiger charge is -2.34. The number of aliphatic hydroxyl groups is 1. The van der Waals surface area contributed by atoms with Gasteiger partial charge in [0, 0.05) is 25.2 Å². The minimum atomic E-state index is -0.526. The van der Waals surface area contributed by atoms with Crippen LogP contribution in [0.25, 0.3) is 0 Å². The lowest BCUT2D eigenvalue weighted by Crippen LogP contribution is -2.37. The average Bonchev–Trinajstić information content (AvgIpc) is 2.42. The summed E-state index contributed by atoms with van der Waals surface area (Å²) in [5.74, 6) is -0.352. The van der Waals surface area contributed by atoms with Gasteiger partial charge in [-0.1, -0.05) is 30.3 Å². The first-order valence-corrected chi connectivity index (χ1v) is 6.37. The van der Waals surface area contributed by atoms with Gasteiger partial charge < -0.3 is 14.7 Å². The number of hydrogen-bond acceptors (Lipinski definition) is 4. The Balaban J connectivity index is 2.22. The molecule has 1 N–H and O–H groups in total. The van der Waals surface area contributed by atoms with Crippen LogP contribution in [0.4, 0.5) is 0 Å². The minimum absolute atomic E-state index is 0.352. The van der Waals surface area contributed by atoms with Crippen molar-refractivity contribution in [3.8, 4) is 0 Å². The molecule has 0 saturated carbocycles. The van der Waals surface area contributed by atoms with Crippen LogP contribution in [0.15, 0.2) is 41.6 Å². The number of nitrogens with zero attached hydrogens (tertiary/aromatic N) is 1. The zero-order chi connectivity index (χ0) is 13.8. The molecule has 4 nitrogen and oxygen atoms in total. The van der Waals surface area contributed by atoms with Gasteiger partial charge in [0.25, 0.3) is 0 Å². The van der Waals surface area contributed by atoms with Crippen molar-refractivity contribution in [2.24, 2.45) is 0 Å². The van der Waals surface area contributed by atoms with Gasteiger partial charge in [0.05, 0.1) is 18.8 Å². The first-order valence-electron chi connectivity index (χ1n) is 6.37. The molecule has 0 aliphatic carbocycles. The summed E-state index contributed by atoms with van der Waals surface area (Å²) in [4.78, 5) is 13.7. The number of esters is 1. The van der Waals surface area contributed by atoms with Crippen LogP contribution in [-0.4, -0.2) is 35.7 Å². The predicted molar refractivity (Wildman–Crippen MR) is 72.2 cm³/mol. The summed E-state index contributed by atoms with van der Waals surface area (Å²) >= 11 is 0. The predicted octanol–water partition coefficient (Wildman–Crippen LogP) is 1.70. The summed E-state index contributed by atoms with van der Waals surface area (Å²) in [5, 5.41) is 9.91. The fourth-order valence-corrected chi connectivity index (χ4v) is 2.37. The Hall–Kier alpha value is -1.81.